The van der Waals surface area contributed by atoms with Gasteiger partial charge < -0.3 is 14.8 Å². The van der Waals surface area contributed by atoms with Crippen molar-refractivity contribution in [3.8, 4) is 11.5 Å². The summed E-state index contributed by atoms with van der Waals surface area (Å²) >= 11 is 2.25. The van der Waals surface area contributed by atoms with Gasteiger partial charge in [-0.1, -0.05) is 12.1 Å². The van der Waals surface area contributed by atoms with E-state index in [0.717, 1.165) is 14.8 Å². The van der Waals surface area contributed by atoms with Crippen molar-refractivity contribution in [2.75, 3.05) is 11.9 Å². The second kappa shape index (κ2) is 9.54. The van der Waals surface area contributed by atoms with Gasteiger partial charge in [-0.3, -0.25) is 9.78 Å². The fourth-order valence-corrected chi connectivity index (χ4v) is 3.07. The van der Waals surface area contributed by atoms with Crippen molar-refractivity contribution in [3.63, 3.8) is 0 Å². The van der Waals surface area contributed by atoms with Crippen LogP contribution in [0.5, 0.6) is 11.5 Å². The minimum atomic E-state index is -0.195. The number of pyridine rings is 1. The van der Waals surface area contributed by atoms with Gasteiger partial charge in [-0.25, -0.2) is 0 Å². The van der Waals surface area contributed by atoms with E-state index in [1.165, 1.54) is 5.56 Å². The molecule has 1 heterocycles. The molecule has 0 spiro atoms. The van der Waals surface area contributed by atoms with E-state index in [1.54, 1.807) is 30.6 Å². The van der Waals surface area contributed by atoms with Crippen molar-refractivity contribution in [3.05, 3.63) is 81.2 Å². The number of carbonyl (C=O) groups is 1. The molecule has 3 rings (SSSR count). The van der Waals surface area contributed by atoms with Gasteiger partial charge in [0.1, 0.15) is 6.61 Å². The van der Waals surface area contributed by atoms with Crippen LogP contribution < -0.4 is 14.8 Å². The van der Waals surface area contributed by atoms with E-state index in [9.17, 15) is 4.79 Å². The number of carbonyl (C=O) groups excluding carboxylic acids is 1. The van der Waals surface area contributed by atoms with Crippen LogP contribution in [0.2, 0.25) is 0 Å². The SMILES string of the molecule is CCOc1cc(C(=O)Nc2ccc(C)c(I)c2)ccc1OCc1cccnc1. The maximum Gasteiger partial charge on any atom is 0.255 e. The molecule has 0 bridgehead atoms. The molecule has 0 unspecified atom stereocenters. The lowest BCUT2D eigenvalue weighted by molar-refractivity contribution is 0.102. The highest BCUT2D eigenvalue weighted by molar-refractivity contribution is 14.1. The van der Waals surface area contributed by atoms with E-state index in [-0.39, 0.29) is 5.91 Å². The fourth-order valence-electron chi connectivity index (χ4n) is 2.56. The van der Waals surface area contributed by atoms with Crippen LogP contribution in [-0.4, -0.2) is 17.5 Å². The minimum absolute atomic E-state index is 0.195. The van der Waals surface area contributed by atoms with Gasteiger partial charge in [0.25, 0.3) is 5.91 Å². The number of nitrogens with zero attached hydrogens (tertiary/aromatic N) is 1. The Balaban J connectivity index is 1.75. The number of amides is 1. The van der Waals surface area contributed by atoms with E-state index in [1.807, 2.05) is 44.2 Å². The van der Waals surface area contributed by atoms with Gasteiger partial charge in [-0.15, -0.1) is 0 Å². The number of hydrogen-bond donors (Lipinski definition) is 1. The van der Waals surface area contributed by atoms with Gasteiger partial charge in [-0.2, -0.15) is 0 Å². The number of halogens is 1. The third kappa shape index (κ3) is 5.22. The van der Waals surface area contributed by atoms with Crippen LogP contribution in [-0.2, 0) is 6.61 Å². The smallest absolute Gasteiger partial charge is 0.255 e. The highest BCUT2D eigenvalue weighted by Gasteiger charge is 2.13. The standard InChI is InChI=1S/C22H21IN2O3/c1-3-27-21-11-17(22(26)25-18-8-6-15(2)19(23)12-18)7-9-20(21)28-14-16-5-4-10-24-13-16/h4-13H,3,14H2,1-2H3,(H,25,26). The third-order valence-electron chi connectivity index (χ3n) is 4.05. The minimum Gasteiger partial charge on any atom is -0.490 e. The summed E-state index contributed by atoms with van der Waals surface area (Å²) in [5.41, 5.74) is 3.40. The predicted molar refractivity (Wildman–Crippen MR) is 118 cm³/mol. The molecular weight excluding hydrogens is 467 g/mol. The molecule has 0 atom stereocenters. The highest BCUT2D eigenvalue weighted by atomic mass is 127. The van der Waals surface area contributed by atoms with Crippen LogP contribution in [0.1, 0.15) is 28.4 Å². The van der Waals surface area contributed by atoms with Crippen LogP contribution in [0, 0.1) is 10.5 Å². The Kier molecular flexibility index (Phi) is 6.86. The summed E-state index contributed by atoms with van der Waals surface area (Å²) < 4.78 is 12.6. The Morgan fingerprint density at radius 2 is 1.96 bits per heavy atom. The summed E-state index contributed by atoms with van der Waals surface area (Å²) in [7, 11) is 0. The third-order valence-corrected chi connectivity index (χ3v) is 5.21. The number of benzene rings is 2. The zero-order chi connectivity index (χ0) is 19.9. The first-order valence-corrected chi connectivity index (χ1v) is 10.0. The van der Waals surface area contributed by atoms with E-state index >= 15 is 0 Å². The van der Waals surface area contributed by atoms with Crippen molar-refractivity contribution in [1.29, 1.82) is 0 Å². The topological polar surface area (TPSA) is 60.5 Å². The molecule has 5 nitrogen and oxygen atoms in total. The number of nitrogens with one attached hydrogen (secondary N) is 1. The molecule has 1 N–H and O–H groups in total. The maximum absolute atomic E-state index is 12.6. The van der Waals surface area contributed by atoms with Gasteiger partial charge in [0.05, 0.1) is 6.61 Å². The highest BCUT2D eigenvalue weighted by Crippen LogP contribution is 2.30. The largest absolute Gasteiger partial charge is 0.490 e. The Morgan fingerprint density at radius 1 is 1.11 bits per heavy atom. The molecule has 0 aliphatic rings. The molecule has 1 aromatic heterocycles. The van der Waals surface area contributed by atoms with E-state index < -0.39 is 0 Å². The Hall–Kier alpha value is -2.61. The molecule has 0 fully saturated rings. The second-order valence-electron chi connectivity index (χ2n) is 6.16. The first-order chi connectivity index (χ1) is 13.6. The molecular formula is C22H21IN2O3. The molecule has 144 valence electrons. The Labute approximate surface area is 178 Å². The average Bonchev–Trinajstić information content (AvgIpc) is 2.71. The lowest BCUT2D eigenvalue weighted by Gasteiger charge is -2.14. The van der Waals surface area contributed by atoms with Gasteiger partial charge in [0.15, 0.2) is 11.5 Å². The lowest BCUT2D eigenvalue weighted by atomic mass is 10.1. The van der Waals surface area contributed by atoms with Crippen LogP contribution in [0.15, 0.2) is 60.9 Å². The molecule has 0 aliphatic heterocycles. The van der Waals surface area contributed by atoms with Crippen molar-refractivity contribution in [2.45, 2.75) is 20.5 Å². The average molecular weight is 488 g/mol. The van der Waals surface area contributed by atoms with Crippen LogP contribution in [0.25, 0.3) is 0 Å². The first-order valence-electron chi connectivity index (χ1n) is 8.93. The number of rotatable bonds is 7. The molecule has 0 aliphatic carbocycles. The summed E-state index contributed by atoms with van der Waals surface area (Å²) in [6.45, 7) is 4.78. The van der Waals surface area contributed by atoms with Crippen LogP contribution >= 0.6 is 22.6 Å². The summed E-state index contributed by atoms with van der Waals surface area (Å²) in [6, 6.07) is 14.8. The zero-order valence-corrected chi connectivity index (χ0v) is 17.9. The zero-order valence-electron chi connectivity index (χ0n) is 15.7. The quantitative estimate of drug-likeness (QED) is 0.463. The Bertz CT molecular complexity index is 961. The number of ether oxygens (including phenoxy) is 2. The second-order valence-corrected chi connectivity index (χ2v) is 7.32. The summed E-state index contributed by atoms with van der Waals surface area (Å²) in [4.78, 5) is 16.7. The molecule has 3 aromatic rings. The van der Waals surface area contributed by atoms with E-state index in [0.29, 0.717) is 30.3 Å². The predicted octanol–water partition coefficient (Wildman–Crippen LogP) is 5.22. The molecule has 28 heavy (non-hydrogen) atoms. The summed E-state index contributed by atoms with van der Waals surface area (Å²) in [5.74, 6) is 0.934. The molecule has 1 amide bonds. The molecule has 0 saturated heterocycles. The summed E-state index contributed by atoms with van der Waals surface area (Å²) in [5, 5.41) is 2.92. The molecule has 6 heteroatoms. The Morgan fingerprint density at radius 3 is 2.68 bits per heavy atom. The van der Waals surface area contributed by atoms with Crippen molar-refractivity contribution < 1.29 is 14.3 Å². The van der Waals surface area contributed by atoms with Gasteiger partial charge >= 0.3 is 0 Å². The number of aromatic nitrogens is 1. The van der Waals surface area contributed by atoms with Crippen molar-refractivity contribution in [2.24, 2.45) is 0 Å². The van der Waals surface area contributed by atoms with Crippen molar-refractivity contribution in [1.82, 2.24) is 4.98 Å². The number of anilines is 1. The number of hydrogen-bond acceptors (Lipinski definition) is 4. The molecule has 0 radical (unpaired) electrons. The van der Waals surface area contributed by atoms with Crippen LogP contribution in [0.3, 0.4) is 0 Å². The monoisotopic (exact) mass is 488 g/mol. The molecule has 2 aromatic carbocycles. The van der Waals surface area contributed by atoms with Gasteiger partial charge in [0, 0.05) is 32.8 Å². The number of aryl methyl sites for hydroxylation is 1. The van der Waals surface area contributed by atoms with Gasteiger partial charge in [-0.05, 0) is 78.4 Å². The van der Waals surface area contributed by atoms with E-state index in [4.69, 9.17) is 9.47 Å². The summed E-state index contributed by atoms with van der Waals surface area (Å²) in [6.07, 6.45) is 3.47. The molecule has 0 saturated carbocycles. The maximum atomic E-state index is 12.6. The van der Waals surface area contributed by atoms with Crippen molar-refractivity contribution >= 4 is 34.2 Å². The van der Waals surface area contributed by atoms with Gasteiger partial charge in [0.2, 0.25) is 0 Å². The fraction of sp³-hybridized carbons (Fsp3) is 0.182. The van der Waals surface area contributed by atoms with E-state index in [2.05, 4.69) is 32.9 Å². The normalized spacial score (nSPS) is 10.4. The lowest BCUT2D eigenvalue weighted by Crippen LogP contribution is -2.12. The first kappa shape index (κ1) is 20.1. The van der Waals surface area contributed by atoms with Crippen LogP contribution in [0.4, 0.5) is 5.69 Å².